The second-order valence-corrected chi connectivity index (χ2v) is 7.70. The predicted octanol–water partition coefficient (Wildman–Crippen LogP) is 2.72. The zero-order valence-corrected chi connectivity index (χ0v) is 12.9. The van der Waals surface area contributed by atoms with Crippen molar-refractivity contribution in [1.29, 1.82) is 0 Å². The van der Waals surface area contributed by atoms with Gasteiger partial charge in [-0.05, 0) is 24.1 Å². The molecule has 6 nitrogen and oxygen atoms in total. The molecule has 1 aromatic carbocycles. The second kappa shape index (κ2) is 5.92. The number of ether oxygens (including phenoxy) is 1. The highest BCUT2D eigenvalue weighted by Crippen LogP contribution is 2.47. The molecule has 1 saturated heterocycles. The summed E-state index contributed by atoms with van der Waals surface area (Å²) < 4.78 is 24.3. The highest BCUT2D eigenvalue weighted by Gasteiger charge is 2.31. The Morgan fingerprint density at radius 1 is 1.32 bits per heavy atom. The molecule has 0 radical (unpaired) electrons. The summed E-state index contributed by atoms with van der Waals surface area (Å²) in [5.41, 5.74) is 7.41. The second-order valence-electron chi connectivity index (χ2n) is 5.59. The smallest absolute Gasteiger partial charge is 0.414 e. The van der Waals surface area contributed by atoms with Crippen LogP contribution in [0.2, 0.25) is 0 Å². The first-order chi connectivity index (χ1) is 10.5. The number of nitrogens with zero attached hydrogens (tertiary/aromatic N) is 1. The van der Waals surface area contributed by atoms with Crippen LogP contribution in [0, 0.1) is 0 Å². The Balaban J connectivity index is 1.72. The number of cyclic esters (lactones) is 1. The van der Waals surface area contributed by atoms with Gasteiger partial charge in [-0.2, -0.15) is 10.6 Å². The Bertz CT molecular complexity index is 588. The van der Waals surface area contributed by atoms with Crippen LogP contribution in [-0.2, 0) is 4.74 Å². The lowest BCUT2D eigenvalue weighted by atomic mass is 9.96. The third kappa shape index (κ3) is 3.12. The van der Waals surface area contributed by atoms with Crippen LogP contribution in [0.25, 0.3) is 0 Å². The summed E-state index contributed by atoms with van der Waals surface area (Å²) >= 11 is 0. The Hall–Kier alpha value is -1.54. The highest BCUT2D eigenvalue weighted by atomic mass is 32.3. The van der Waals surface area contributed by atoms with E-state index < -0.39 is 10.6 Å². The summed E-state index contributed by atoms with van der Waals surface area (Å²) in [5.74, 6) is 0.573. The van der Waals surface area contributed by atoms with E-state index in [4.69, 9.17) is 10.5 Å². The van der Waals surface area contributed by atoms with Crippen LogP contribution in [0.4, 0.5) is 10.5 Å². The van der Waals surface area contributed by atoms with E-state index in [0.29, 0.717) is 25.3 Å². The quantitative estimate of drug-likeness (QED) is 0.794. The number of carbonyl (C=O) groups excluding carboxylic acids is 1. The van der Waals surface area contributed by atoms with Gasteiger partial charge in [-0.1, -0.05) is 18.2 Å². The number of hydrogen-bond donors (Lipinski definition) is 3. The monoisotopic (exact) mass is 324 g/mol. The van der Waals surface area contributed by atoms with E-state index in [-0.39, 0.29) is 18.1 Å². The normalized spacial score (nSPS) is 28.5. The molecule has 22 heavy (non-hydrogen) atoms. The van der Waals surface area contributed by atoms with E-state index in [1.807, 2.05) is 30.3 Å². The SMILES string of the molecule is NC[C@H]1CN(c2ccc(C3C=CS(O)(O)CC3)cc2)C(=O)O1. The Morgan fingerprint density at radius 2 is 2.05 bits per heavy atom. The van der Waals surface area contributed by atoms with Crippen molar-refractivity contribution >= 4 is 22.4 Å². The number of carbonyl (C=O) groups is 1. The van der Waals surface area contributed by atoms with E-state index >= 15 is 0 Å². The van der Waals surface area contributed by atoms with E-state index in [2.05, 4.69) is 0 Å². The summed E-state index contributed by atoms with van der Waals surface area (Å²) in [6, 6.07) is 7.70. The molecule has 1 fully saturated rings. The standard InChI is InChI=1S/C15H20N2O4S/c16-9-14-10-17(15(18)21-14)13-3-1-11(2-4-13)12-5-7-22(19,20)8-6-12/h1-5,7,12,14,19-20H,6,8-10,16H2/t12?,14-/m0/s1. The first-order valence-electron chi connectivity index (χ1n) is 7.21. The molecule has 4 N–H and O–H groups in total. The van der Waals surface area contributed by atoms with E-state index in [1.165, 1.54) is 5.41 Å². The molecule has 1 amide bonds. The predicted molar refractivity (Wildman–Crippen MR) is 87.3 cm³/mol. The summed E-state index contributed by atoms with van der Waals surface area (Å²) in [6.07, 6.45) is 1.94. The van der Waals surface area contributed by atoms with Crippen molar-refractivity contribution in [2.24, 2.45) is 5.73 Å². The first-order valence-corrected chi connectivity index (χ1v) is 8.99. The maximum atomic E-state index is 11.8. The average molecular weight is 324 g/mol. The van der Waals surface area contributed by atoms with E-state index in [0.717, 1.165) is 11.3 Å². The van der Waals surface area contributed by atoms with Gasteiger partial charge in [-0.15, -0.1) is 0 Å². The summed E-state index contributed by atoms with van der Waals surface area (Å²) in [6.45, 7) is 0.790. The molecule has 2 heterocycles. The minimum absolute atomic E-state index is 0.177. The van der Waals surface area contributed by atoms with Gasteiger partial charge in [0, 0.05) is 29.3 Å². The zero-order valence-electron chi connectivity index (χ0n) is 12.1. The van der Waals surface area contributed by atoms with Crippen molar-refractivity contribution in [3.05, 3.63) is 41.3 Å². The van der Waals surface area contributed by atoms with Gasteiger partial charge in [0.05, 0.1) is 6.54 Å². The number of rotatable bonds is 3. The molecule has 0 aromatic heterocycles. The summed E-state index contributed by atoms with van der Waals surface area (Å²) in [4.78, 5) is 13.4. The molecule has 0 bridgehead atoms. The van der Waals surface area contributed by atoms with Crippen LogP contribution in [0.15, 0.2) is 35.7 Å². The molecule has 1 aromatic rings. The molecule has 0 saturated carbocycles. The van der Waals surface area contributed by atoms with E-state index in [9.17, 15) is 13.9 Å². The fourth-order valence-electron chi connectivity index (χ4n) is 2.72. The van der Waals surface area contributed by atoms with Crippen LogP contribution in [0.1, 0.15) is 17.9 Å². The fraction of sp³-hybridized carbons (Fsp3) is 0.400. The third-order valence-electron chi connectivity index (χ3n) is 4.03. The van der Waals surface area contributed by atoms with E-state index in [1.54, 1.807) is 4.90 Å². The van der Waals surface area contributed by atoms with Gasteiger partial charge in [0.2, 0.25) is 0 Å². The topological polar surface area (TPSA) is 96.0 Å². The van der Waals surface area contributed by atoms with Gasteiger partial charge in [0.1, 0.15) is 6.10 Å². The van der Waals surface area contributed by atoms with Gasteiger partial charge in [0.15, 0.2) is 0 Å². The minimum Gasteiger partial charge on any atom is -0.443 e. The van der Waals surface area contributed by atoms with Gasteiger partial charge >= 0.3 is 6.09 Å². The zero-order chi connectivity index (χ0) is 15.7. The van der Waals surface area contributed by atoms with Crippen molar-refractivity contribution in [3.8, 4) is 0 Å². The molecular weight excluding hydrogens is 304 g/mol. The molecule has 2 aliphatic heterocycles. The van der Waals surface area contributed by atoms with Crippen molar-refractivity contribution in [1.82, 2.24) is 0 Å². The number of benzene rings is 1. The van der Waals surface area contributed by atoms with Crippen LogP contribution < -0.4 is 10.6 Å². The molecule has 2 aliphatic rings. The minimum atomic E-state index is -2.52. The van der Waals surface area contributed by atoms with Crippen molar-refractivity contribution in [3.63, 3.8) is 0 Å². The molecule has 0 aliphatic carbocycles. The lowest BCUT2D eigenvalue weighted by Gasteiger charge is -2.33. The highest BCUT2D eigenvalue weighted by molar-refractivity contribution is 8.26. The Morgan fingerprint density at radius 3 is 2.59 bits per heavy atom. The average Bonchev–Trinajstić information content (AvgIpc) is 2.89. The Kier molecular flexibility index (Phi) is 4.14. The first kappa shape index (κ1) is 15.4. The maximum absolute atomic E-state index is 11.8. The van der Waals surface area contributed by atoms with Crippen LogP contribution >= 0.6 is 10.6 Å². The lowest BCUT2D eigenvalue weighted by Crippen LogP contribution is -2.27. The van der Waals surface area contributed by atoms with Crippen molar-refractivity contribution < 1.29 is 18.6 Å². The lowest BCUT2D eigenvalue weighted by molar-refractivity contribution is 0.145. The van der Waals surface area contributed by atoms with Crippen molar-refractivity contribution in [2.75, 3.05) is 23.7 Å². The molecule has 2 atom stereocenters. The maximum Gasteiger partial charge on any atom is 0.414 e. The summed E-state index contributed by atoms with van der Waals surface area (Å²) in [7, 11) is -2.52. The molecule has 7 heteroatoms. The van der Waals surface area contributed by atoms with Crippen LogP contribution in [-0.4, -0.2) is 40.1 Å². The van der Waals surface area contributed by atoms with Gasteiger partial charge < -0.3 is 10.5 Å². The Labute approximate surface area is 130 Å². The molecule has 1 unspecified atom stereocenters. The number of allylic oxidation sites excluding steroid dienone is 1. The van der Waals surface area contributed by atoms with Gasteiger partial charge in [-0.3, -0.25) is 14.0 Å². The number of amides is 1. The van der Waals surface area contributed by atoms with Gasteiger partial charge in [-0.25, -0.2) is 4.79 Å². The summed E-state index contributed by atoms with van der Waals surface area (Å²) in [5, 5.41) is 1.51. The van der Waals surface area contributed by atoms with Crippen LogP contribution in [0.3, 0.4) is 0 Å². The molecule has 3 rings (SSSR count). The molecule has 120 valence electrons. The number of nitrogens with two attached hydrogens (primary N) is 1. The van der Waals surface area contributed by atoms with Gasteiger partial charge in [0.25, 0.3) is 0 Å². The number of anilines is 1. The van der Waals surface area contributed by atoms with Crippen molar-refractivity contribution in [2.45, 2.75) is 18.4 Å². The molecule has 0 spiro atoms. The molecular formula is C15H20N2O4S. The number of hydrogen-bond acceptors (Lipinski definition) is 5. The third-order valence-corrected chi connectivity index (χ3v) is 5.46. The van der Waals surface area contributed by atoms with Crippen LogP contribution in [0.5, 0.6) is 0 Å². The largest absolute Gasteiger partial charge is 0.443 e. The fourth-order valence-corrected chi connectivity index (χ4v) is 3.90.